The van der Waals surface area contributed by atoms with Crippen LogP contribution in [0.25, 0.3) is 0 Å². The third-order valence-electron chi connectivity index (χ3n) is 3.59. The fraction of sp³-hybridized carbons (Fsp3) is 0.118. The van der Waals surface area contributed by atoms with Crippen LogP contribution in [0.4, 0.5) is 28.7 Å². The van der Waals surface area contributed by atoms with E-state index in [0.29, 0.717) is 22.9 Å². The molecule has 138 valence electrons. The molecule has 2 heterocycles. The van der Waals surface area contributed by atoms with Gasteiger partial charge in [0.25, 0.3) is 0 Å². The molecule has 27 heavy (non-hydrogen) atoms. The predicted molar refractivity (Wildman–Crippen MR) is 99.0 cm³/mol. The molecule has 0 bridgehead atoms. The monoisotopic (exact) mass is 368 g/mol. The second-order valence-electron chi connectivity index (χ2n) is 5.23. The molecular weight excluding hydrogens is 352 g/mol. The highest BCUT2D eigenvalue weighted by molar-refractivity contribution is 5.78. The Hall–Kier alpha value is -3.95. The van der Waals surface area contributed by atoms with Crippen LogP contribution < -0.4 is 20.1 Å². The van der Waals surface area contributed by atoms with Crippen LogP contribution in [0.15, 0.2) is 49.1 Å². The Morgan fingerprint density at radius 1 is 1.07 bits per heavy atom. The van der Waals surface area contributed by atoms with Gasteiger partial charge in [-0.15, -0.1) is 0 Å². The van der Waals surface area contributed by atoms with Crippen molar-refractivity contribution in [1.29, 1.82) is 0 Å². The van der Waals surface area contributed by atoms with E-state index in [1.807, 2.05) is 0 Å². The Kier molecular flexibility index (Phi) is 5.26. The van der Waals surface area contributed by atoms with Crippen LogP contribution in [0.1, 0.15) is 0 Å². The van der Waals surface area contributed by atoms with Gasteiger partial charge in [-0.2, -0.15) is 0 Å². The van der Waals surface area contributed by atoms with Gasteiger partial charge in [-0.05, 0) is 24.3 Å². The molecule has 10 heteroatoms. The molecule has 0 fully saturated rings. The molecule has 0 saturated heterocycles. The molecular formula is C17H16N6O4. The summed E-state index contributed by atoms with van der Waals surface area (Å²) >= 11 is 0. The topological polar surface area (TPSA) is 124 Å². The van der Waals surface area contributed by atoms with Crippen LogP contribution in [0.2, 0.25) is 0 Å². The molecule has 2 aromatic heterocycles. The van der Waals surface area contributed by atoms with E-state index in [1.165, 1.54) is 26.7 Å². The molecule has 10 nitrogen and oxygen atoms in total. The van der Waals surface area contributed by atoms with Gasteiger partial charge in [0.05, 0.1) is 36.7 Å². The lowest BCUT2D eigenvalue weighted by Crippen LogP contribution is -2.06. The molecule has 3 aromatic rings. The molecule has 1 aromatic carbocycles. The number of aromatic nitrogens is 3. The Morgan fingerprint density at radius 2 is 1.85 bits per heavy atom. The fourth-order valence-corrected chi connectivity index (χ4v) is 2.35. The number of nitro groups is 1. The van der Waals surface area contributed by atoms with E-state index in [1.54, 1.807) is 36.5 Å². The summed E-state index contributed by atoms with van der Waals surface area (Å²) in [7, 11) is 3.02. The van der Waals surface area contributed by atoms with Crippen molar-refractivity contribution in [3.05, 3.63) is 59.2 Å². The van der Waals surface area contributed by atoms with Gasteiger partial charge in [-0.3, -0.25) is 15.1 Å². The SMILES string of the molecule is COc1ccc(OC)c(Nc2ncnc(Nc3cccnc3)c2[N+](=O)[O-])c1. The number of pyridine rings is 1. The van der Waals surface area contributed by atoms with Crippen molar-refractivity contribution in [3.8, 4) is 11.5 Å². The lowest BCUT2D eigenvalue weighted by Gasteiger charge is -2.13. The van der Waals surface area contributed by atoms with E-state index in [-0.39, 0.29) is 17.3 Å². The van der Waals surface area contributed by atoms with Crippen LogP contribution in [0.3, 0.4) is 0 Å². The number of methoxy groups -OCH3 is 2. The molecule has 0 unspecified atom stereocenters. The summed E-state index contributed by atoms with van der Waals surface area (Å²) in [6.45, 7) is 0. The zero-order chi connectivity index (χ0) is 19.2. The molecule has 0 radical (unpaired) electrons. The van der Waals surface area contributed by atoms with Crippen LogP contribution in [-0.4, -0.2) is 34.1 Å². The Bertz CT molecular complexity index is 951. The van der Waals surface area contributed by atoms with Gasteiger partial charge in [0.15, 0.2) is 0 Å². The summed E-state index contributed by atoms with van der Waals surface area (Å²) in [5, 5.41) is 17.5. The number of ether oxygens (including phenoxy) is 2. The molecule has 0 aliphatic heterocycles. The van der Waals surface area contributed by atoms with Crippen LogP contribution in [0.5, 0.6) is 11.5 Å². The normalized spacial score (nSPS) is 10.1. The van der Waals surface area contributed by atoms with Crippen LogP contribution >= 0.6 is 0 Å². The standard InChI is InChI=1S/C17H16N6O4/c1-26-12-5-6-14(27-2)13(8-12)22-17-15(23(24)25)16(19-10-20-17)21-11-4-3-7-18-9-11/h3-10H,1-2H3,(H2,19,20,21,22). The predicted octanol–water partition coefficient (Wildman–Crippen LogP) is 3.28. The number of nitrogens with one attached hydrogen (secondary N) is 2. The van der Waals surface area contributed by atoms with Crippen molar-refractivity contribution in [3.63, 3.8) is 0 Å². The lowest BCUT2D eigenvalue weighted by atomic mass is 10.2. The van der Waals surface area contributed by atoms with Gasteiger partial charge in [-0.25, -0.2) is 9.97 Å². The zero-order valence-electron chi connectivity index (χ0n) is 14.5. The Labute approximate surface area is 154 Å². The second kappa shape index (κ2) is 7.95. The molecule has 2 N–H and O–H groups in total. The molecule has 0 aliphatic carbocycles. The summed E-state index contributed by atoms with van der Waals surface area (Å²) in [6.07, 6.45) is 4.35. The summed E-state index contributed by atoms with van der Waals surface area (Å²) in [5.74, 6) is 1.08. The molecule has 0 spiro atoms. The molecule has 3 rings (SSSR count). The van der Waals surface area contributed by atoms with Crippen molar-refractivity contribution in [2.45, 2.75) is 0 Å². The summed E-state index contributed by atoms with van der Waals surface area (Å²) < 4.78 is 10.5. The molecule has 0 aliphatic rings. The molecule has 0 atom stereocenters. The van der Waals surface area contributed by atoms with Crippen molar-refractivity contribution in [1.82, 2.24) is 15.0 Å². The highest BCUT2D eigenvalue weighted by atomic mass is 16.6. The Balaban J connectivity index is 2.01. The van der Waals surface area contributed by atoms with E-state index in [0.717, 1.165) is 0 Å². The summed E-state index contributed by atoms with van der Waals surface area (Å²) in [4.78, 5) is 23.1. The van der Waals surface area contributed by atoms with Gasteiger partial charge in [0.1, 0.15) is 17.8 Å². The van der Waals surface area contributed by atoms with E-state index in [9.17, 15) is 10.1 Å². The summed E-state index contributed by atoms with van der Waals surface area (Å²) in [5.41, 5.74) is 0.710. The minimum Gasteiger partial charge on any atom is -0.497 e. The van der Waals surface area contributed by atoms with Crippen LogP contribution in [0, 0.1) is 10.1 Å². The number of benzene rings is 1. The number of hydrogen-bond donors (Lipinski definition) is 2. The van der Waals surface area contributed by atoms with Crippen LogP contribution in [-0.2, 0) is 0 Å². The Morgan fingerprint density at radius 3 is 2.48 bits per heavy atom. The number of anilines is 4. The van der Waals surface area contributed by atoms with E-state index >= 15 is 0 Å². The number of rotatable bonds is 7. The van der Waals surface area contributed by atoms with Gasteiger partial charge in [0.2, 0.25) is 11.6 Å². The minimum atomic E-state index is -0.562. The van der Waals surface area contributed by atoms with Gasteiger partial charge < -0.3 is 20.1 Å². The van der Waals surface area contributed by atoms with E-state index in [4.69, 9.17) is 9.47 Å². The average Bonchev–Trinajstić information content (AvgIpc) is 2.68. The first-order valence-electron chi connectivity index (χ1n) is 7.78. The second-order valence-corrected chi connectivity index (χ2v) is 5.23. The summed E-state index contributed by atoms with van der Waals surface area (Å²) in [6, 6.07) is 8.47. The van der Waals surface area contributed by atoms with E-state index in [2.05, 4.69) is 25.6 Å². The number of nitrogens with zero attached hydrogens (tertiary/aromatic N) is 4. The quantitative estimate of drug-likeness (QED) is 0.477. The third-order valence-corrected chi connectivity index (χ3v) is 3.59. The first-order valence-corrected chi connectivity index (χ1v) is 7.78. The maximum absolute atomic E-state index is 11.7. The van der Waals surface area contributed by atoms with E-state index < -0.39 is 4.92 Å². The van der Waals surface area contributed by atoms with Gasteiger partial charge in [-0.1, -0.05) is 0 Å². The van der Waals surface area contributed by atoms with Crippen molar-refractivity contribution >= 4 is 28.7 Å². The smallest absolute Gasteiger partial charge is 0.353 e. The third kappa shape index (κ3) is 4.00. The van der Waals surface area contributed by atoms with Crippen molar-refractivity contribution < 1.29 is 14.4 Å². The zero-order valence-corrected chi connectivity index (χ0v) is 14.5. The van der Waals surface area contributed by atoms with Crippen molar-refractivity contribution in [2.24, 2.45) is 0 Å². The fourth-order valence-electron chi connectivity index (χ4n) is 2.35. The molecule has 0 saturated carbocycles. The highest BCUT2D eigenvalue weighted by Gasteiger charge is 2.24. The maximum Gasteiger partial charge on any atom is 0.353 e. The maximum atomic E-state index is 11.7. The van der Waals surface area contributed by atoms with Gasteiger partial charge in [0, 0.05) is 12.3 Å². The largest absolute Gasteiger partial charge is 0.497 e. The highest BCUT2D eigenvalue weighted by Crippen LogP contribution is 2.36. The van der Waals surface area contributed by atoms with Crippen molar-refractivity contribution in [2.75, 3.05) is 24.9 Å². The lowest BCUT2D eigenvalue weighted by molar-refractivity contribution is -0.383. The molecule has 0 amide bonds. The first-order chi connectivity index (χ1) is 13.1. The van der Waals surface area contributed by atoms with Gasteiger partial charge >= 0.3 is 5.69 Å². The minimum absolute atomic E-state index is 0.00735. The number of hydrogen-bond acceptors (Lipinski definition) is 9. The first kappa shape index (κ1) is 17.9. The average molecular weight is 368 g/mol.